The van der Waals surface area contributed by atoms with Gasteiger partial charge in [-0.1, -0.05) is 11.6 Å². The van der Waals surface area contributed by atoms with Gasteiger partial charge in [-0.15, -0.1) is 0 Å². The molecule has 10 heteroatoms. The number of carbonyl (C=O) groups excluding carboxylic acids is 2. The van der Waals surface area contributed by atoms with Crippen LogP contribution in [-0.4, -0.2) is 62.3 Å². The quantitative estimate of drug-likeness (QED) is 0.678. The number of ether oxygens (including phenoxy) is 1. The molecular weight excluding hydrogens is 408 g/mol. The van der Waals surface area contributed by atoms with Crippen LogP contribution in [-0.2, 0) is 19.6 Å². The molecule has 0 unspecified atom stereocenters. The third-order valence-corrected chi connectivity index (χ3v) is 6.61. The third-order valence-electron chi connectivity index (χ3n) is 4.45. The number of nitrogens with zero attached hydrogens (tertiary/aromatic N) is 2. The van der Waals surface area contributed by atoms with E-state index in [9.17, 15) is 18.0 Å². The second kappa shape index (κ2) is 8.34. The molecule has 0 radical (unpaired) electrons. The van der Waals surface area contributed by atoms with Gasteiger partial charge in [-0.05, 0) is 37.3 Å². The zero-order chi connectivity index (χ0) is 20.3. The Labute approximate surface area is 167 Å². The molecule has 1 aliphatic heterocycles. The first-order valence-corrected chi connectivity index (χ1v) is 10.4. The van der Waals surface area contributed by atoms with Crippen molar-refractivity contribution in [1.29, 1.82) is 0 Å². The first-order chi connectivity index (χ1) is 13.3. The summed E-state index contributed by atoms with van der Waals surface area (Å²) in [5.41, 5.74) is 0.270. The lowest BCUT2D eigenvalue weighted by atomic mass is 10.3. The fraction of sp³-hybridized carbons (Fsp3) is 0.333. The number of furan rings is 1. The summed E-state index contributed by atoms with van der Waals surface area (Å²) in [5, 5.41) is 0.453. The molecule has 0 saturated carbocycles. The van der Waals surface area contributed by atoms with Crippen molar-refractivity contribution in [3.63, 3.8) is 0 Å². The summed E-state index contributed by atoms with van der Waals surface area (Å²) in [6, 6.07) is 7.41. The van der Waals surface area contributed by atoms with E-state index >= 15 is 0 Å². The molecule has 0 aliphatic carbocycles. The lowest BCUT2D eigenvalue weighted by molar-refractivity contribution is -0.135. The first-order valence-electron chi connectivity index (χ1n) is 8.54. The molecule has 8 nitrogen and oxygen atoms in total. The van der Waals surface area contributed by atoms with Crippen LogP contribution >= 0.6 is 11.6 Å². The van der Waals surface area contributed by atoms with Crippen LogP contribution in [0.15, 0.2) is 45.9 Å². The Balaban J connectivity index is 1.53. The highest BCUT2D eigenvalue weighted by molar-refractivity contribution is 7.89. The van der Waals surface area contributed by atoms with Crippen molar-refractivity contribution in [3.8, 4) is 0 Å². The minimum Gasteiger partial charge on any atom is -0.469 e. The number of hydrogen-bond acceptors (Lipinski definition) is 6. The molecule has 0 N–H and O–H groups in total. The zero-order valence-electron chi connectivity index (χ0n) is 15.1. The maximum absolute atomic E-state index is 12.7. The van der Waals surface area contributed by atoms with Gasteiger partial charge in [0.1, 0.15) is 11.3 Å². The summed E-state index contributed by atoms with van der Waals surface area (Å²) >= 11 is 5.80. The van der Waals surface area contributed by atoms with Crippen LogP contribution in [0.25, 0.3) is 0 Å². The van der Waals surface area contributed by atoms with Crippen LogP contribution in [0.1, 0.15) is 16.1 Å². The van der Waals surface area contributed by atoms with E-state index in [1.165, 1.54) is 45.8 Å². The Morgan fingerprint density at radius 1 is 1.11 bits per heavy atom. The Kier molecular flexibility index (Phi) is 6.07. The van der Waals surface area contributed by atoms with Gasteiger partial charge in [-0.3, -0.25) is 4.79 Å². The molecule has 1 aromatic carbocycles. The summed E-state index contributed by atoms with van der Waals surface area (Å²) in [4.78, 5) is 25.8. The third kappa shape index (κ3) is 4.37. The lowest BCUT2D eigenvalue weighted by Gasteiger charge is -2.33. The molecule has 1 fully saturated rings. The monoisotopic (exact) mass is 426 g/mol. The van der Waals surface area contributed by atoms with E-state index in [1.807, 2.05) is 0 Å². The highest BCUT2D eigenvalue weighted by Gasteiger charge is 2.30. The minimum atomic E-state index is -3.65. The number of carbonyl (C=O) groups is 2. The van der Waals surface area contributed by atoms with Crippen LogP contribution in [0.2, 0.25) is 5.02 Å². The molecule has 1 aliphatic rings. The predicted molar refractivity (Wildman–Crippen MR) is 101 cm³/mol. The average molecular weight is 427 g/mol. The van der Waals surface area contributed by atoms with Crippen LogP contribution < -0.4 is 0 Å². The summed E-state index contributed by atoms with van der Waals surface area (Å²) in [5.74, 6) is -0.597. The molecule has 2 aromatic rings. The van der Waals surface area contributed by atoms with E-state index in [0.29, 0.717) is 10.8 Å². The van der Waals surface area contributed by atoms with Crippen molar-refractivity contribution >= 4 is 33.5 Å². The smallest absolute Gasteiger partial charge is 0.342 e. The molecule has 1 aromatic heterocycles. The number of hydrogen-bond donors (Lipinski definition) is 0. The van der Waals surface area contributed by atoms with E-state index in [0.717, 1.165) is 0 Å². The first kappa shape index (κ1) is 20.4. The standard InChI is InChI=1S/C18H19ClN2O6S/c1-13-16(6-11-26-13)18(23)27-12-17(22)20-7-9-21(10-8-20)28(24,25)15-4-2-14(19)3-5-15/h2-6,11H,7-10,12H2,1H3. The molecular formula is C18H19ClN2O6S. The second-order valence-electron chi connectivity index (χ2n) is 6.21. The van der Waals surface area contributed by atoms with Gasteiger partial charge in [0.15, 0.2) is 6.61 Å². The van der Waals surface area contributed by atoms with Crippen LogP contribution in [0, 0.1) is 6.92 Å². The maximum Gasteiger partial charge on any atom is 0.342 e. The molecule has 2 heterocycles. The van der Waals surface area contributed by atoms with Crippen molar-refractivity contribution in [1.82, 2.24) is 9.21 Å². The van der Waals surface area contributed by atoms with Gasteiger partial charge >= 0.3 is 5.97 Å². The molecule has 0 spiro atoms. The Hall–Kier alpha value is -2.36. The van der Waals surface area contributed by atoms with E-state index in [1.54, 1.807) is 6.92 Å². The Bertz CT molecular complexity index is 962. The predicted octanol–water partition coefficient (Wildman–Crippen LogP) is 1.93. The number of amides is 1. The fourth-order valence-electron chi connectivity index (χ4n) is 2.83. The number of halogens is 1. The van der Waals surface area contributed by atoms with Crippen molar-refractivity contribution in [2.75, 3.05) is 32.8 Å². The van der Waals surface area contributed by atoms with Gasteiger partial charge in [0, 0.05) is 31.2 Å². The molecule has 150 valence electrons. The van der Waals surface area contributed by atoms with E-state index in [2.05, 4.69) is 0 Å². The van der Waals surface area contributed by atoms with E-state index < -0.39 is 22.6 Å². The highest BCUT2D eigenvalue weighted by atomic mass is 35.5. The van der Waals surface area contributed by atoms with Crippen LogP contribution in [0.5, 0.6) is 0 Å². The summed E-state index contributed by atoms with van der Waals surface area (Å²) in [6.07, 6.45) is 1.37. The number of rotatable bonds is 5. The molecule has 1 saturated heterocycles. The number of sulfonamides is 1. The van der Waals surface area contributed by atoms with Crippen molar-refractivity contribution in [2.24, 2.45) is 0 Å². The molecule has 28 heavy (non-hydrogen) atoms. The summed E-state index contributed by atoms with van der Waals surface area (Å²) < 4.78 is 36.7. The normalized spacial score (nSPS) is 15.4. The molecule has 0 bridgehead atoms. The zero-order valence-corrected chi connectivity index (χ0v) is 16.7. The van der Waals surface area contributed by atoms with Gasteiger partial charge < -0.3 is 14.1 Å². The Morgan fingerprint density at radius 3 is 2.32 bits per heavy atom. The van der Waals surface area contributed by atoms with Gasteiger partial charge in [0.05, 0.1) is 11.2 Å². The lowest BCUT2D eigenvalue weighted by Crippen LogP contribution is -2.51. The van der Waals surface area contributed by atoms with Gasteiger partial charge in [-0.2, -0.15) is 4.31 Å². The average Bonchev–Trinajstić information content (AvgIpc) is 3.12. The SMILES string of the molecule is Cc1occc1C(=O)OCC(=O)N1CCN(S(=O)(=O)c2ccc(Cl)cc2)CC1. The topological polar surface area (TPSA) is 97.1 Å². The van der Waals surface area contributed by atoms with E-state index in [4.69, 9.17) is 20.8 Å². The van der Waals surface area contributed by atoms with Gasteiger partial charge in [0.2, 0.25) is 10.0 Å². The molecule has 3 rings (SSSR count). The highest BCUT2D eigenvalue weighted by Crippen LogP contribution is 2.20. The number of benzene rings is 1. The Morgan fingerprint density at radius 2 is 1.75 bits per heavy atom. The van der Waals surface area contributed by atoms with Gasteiger partial charge in [0.25, 0.3) is 5.91 Å². The number of esters is 1. The molecule has 0 atom stereocenters. The summed E-state index contributed by atoms with van der Waals surface area (Å²) in [6.45, 7) is 1.96. The largest absolute Gasteiger partial charge is 0.469 e. The molecule has 1 amide bonds. The van der Waals surface area contributed by atoms with Crippen molar-refractivity contribution in [2.45, 2.75) is 11.8 Å². The minimum absolute atomic E-state index is 0.154. The van der Waals surface area contributed by atoms with Crippen molar-refractivity contribution in [3.05, 3.63) is 52.9 Å². The van der Waals surface area contributed by atoms with Crippen molar-refractivity contribution < 1.29 is 27.2 Å². The summed E-state index contributed by atoms with van der Waals surface area (Å²) in [7, 11) is -3.65. The fourth-order valence-corrected chi connectivity index (χ4v) is 4.37. The number of aryl methyl sites for hydroxylation is 1. The van der Waals surface area contributed by atoms with E-state index in [-0.39, 0.29) is 42.5 Å². The maximum atomic E-state index is 12.7. The number of piperazine rings is 1. The van der Waals surface area contributed by atoms with Crippen LogP contribution in [0.4, 0.5) is 0 Å². The van der Waals surface area contributed by atoms with Gasteiger partial charge in [-0.25, -0.2) is 13.2 Å². The van der Waals surface area contributed by atoms with Crippen LogP contribution in [0.3, 0.4) is 0 Å². The second-order valence-corrected chi connectivity index (χ2v) is 8.58.